The molecule has 6 nitrogen and oxygen atoms in total. The van der Waals surface area contributed by atoms with Crippen LogP contribution in [0.25, 0.3) is 0 Å². The fourth-order valence-electron chi connectivity index (χ4n) is 3.27. The molecule has 0 radical (unpaired) electrons. The lowest BCUT2D eigenvalue weighted by atomic mass is 9.76. The van der Waals surface area contributed by atoms with Crippen molar-refractivity contribution in [3.8, 4) is 0 Å². The summed E-state index contributed by atoms with van der Waals surface area (Å²) in [5, 5.41) is 9.41. The molecule has 2 fully saturated rings. The van der Waals surface area contributed by atoms with Gasteiger partial charge in [-0.05, 0) is 25.7 Å². The number of likely N-dealkylation sites (tertiary alicyclic amines) is 1. The van der Waals surface area contributed by atoms with Gasteiger partial charge in [0.2, 0.25) is 0 Å². The van der Waals surface area contributed by atoms with Crippen molar-refractivity contribution in [2.75, 3.05) is 32.8 Å². The van der Waals surface area contributed by atoms with Gasteiger partial charge in [0.1, 0.15) is 0 Å². The Morgan fingerprint density at radius 3 is 2.43 bits per heavy atom. The van der Waals surface area contributed by atoms with Crippen LogP contribution in [-0.4, -0.2) is 65.8 Å². The summed E-state index contributed by atoms with van der Waals surface area (Å²) in [6, 6.07) is 0.184. The smallest absolute Gasteiger partial charge is 0.320 e. The van der Waals surface area contributed by atoms with E-state index in [9.17, 15) is 14.7 Å². The van der Waals surface area contributed by atoms with Gasteiger partial charge in [-0.3, -0.25) is 4.79 Å². The van der Waals surface area contributed by atoms with Crippen LogP contribution in [0.5, 0.6) is 0 Å². The Bertz CT molecular complexity index is 391. The van der Waals surface area contributed by atoms with Gasteiger partial charge in [0, 0.05) is 19.6 Å². The Balaban J connectivity index is 1.98. The molecule has 0 aliphatic carbocycles. The highest BCUT2D eigenvalue weighted by atomic mass is 16.5. The molecule has 2 aliphatic rings. The summed E-state index contributed by atoms with van der Waals surface area (Å²) in [6.07, 6.45) is 2.60. The number of hydrogen-bond acceptors (Lipinski definition) is 3. The van der Waals surface area contributed by atoms with E-state index in [1.165, 1.54) is 0 Å². The van der Waals surface area contributed by atoms with Crippen LogP contribution in [0.15, 0.2) is 0 Å². The lowest BCUT2D eigenvalue weighted by molar-refractivity contribution is -0.152. The molecule has 0 bridgehead atoms. The minimum Gasteiger partial charge on any atom is -0.481 e. The van der Waals surface area contributed by atoms with Crippen molar-refractivity contribution in [3.05, 3.63) is 0 Å². The van der Waals surface area contributed by atoms with Crippen molar-refractivity contribution in [2.24, 2.45) is 5.41 Å². The zero-order chi connectivity index (χ0) is 15.5. The van der Waals surface area contributed by atoms with Crippen LogP contribution < -0.4 is 0 Å². The van der Waals surface area contributed by atoms with Gasteiger partial charge in [0.05, 0.1) is 24.7 Å². The van der Waals surface area contributed by atoms with E-state index in [1.54, 1.807) is 0 Å². The number of carbonyl (C=O) groups excluding carboxylic acids is 1. The number of carboxylic acid groups (broad SMARTS) is 1. The first-order chi connectivity index (χ1) is 10.0. The topological polar surface area (TPSA) is 70.1 Å². The normalized spacial score (nSPS) is 25.7. The molecule has 2 amide bonds. The minimum atomic E-state index is -0.727. The predicted molar refractivity (Wildman–Crippen MR) is 78.2 cm³/mol. The third-order valence-corrected chi connectivity index (χ3v) is 5.07. The summed E-state index contributed by atoms with van der Waals surface area (Å²) in [7, 11) is 0. The number of piperidine rings is 1. The molecule has 0 saturated carbocycles. The number of rotatable bonds is 3. The monoisotopic (exact) mass is 298 g/mol. The second kappa shape index (κ2) is 6.64. The SMILES string of the molecule is CCC1COCCN1C(=O)N1CCC(CC)(C(=O)O)CC1. The van der Waals surface area contributed by atoms with Gasteiger partial charge in [-0.25, -0.2) is 4.79 Å². The van der Waals surface area contributed by atoms with Crippen LogP contribution in [0.4, 0.5) is 4.79 Å². The van der Waals surface area contributed by atoms with Gasteiger partial charge in [0.15, 0.2) is 0 Å². The van der Waals surface area contributed by atoms with E-state index in [-0.39, 0.29) is 12.1 Å². The molecule has 0 aromatic heterocycles. The Morgan fingerprint density at radius 2 is 1.90 bits per heavy atom. The zero-order valence-corrected chi connectivity index (χ0v) is 13.0. The fourth-order valence-corrected chi connectivity index (χ4v) is 3.27. The average molecular weight is 298 g/mol. The number of carboxylic acids is 1. The number of urea groups is 1. The summed E-state index contributed by atoms with van der Waals surface area (Å²) < 4.78 is 5.43. The quantitative estimate of drug-likeness (QED) is 0.862. The standard InChI is InChI=1S/C15H26N2O4/c1-3-12-11-21-10-9-17(12)14(20)16-7-5-15(4-2,6-8-16)13(18)19/h12H,3-11H2,1-2H3,(H,18,19). The van der Waals surface area contributed by atoms with Crippen molar-refractivity contribution in [1.82, 2.24) is 9.80 Å². The molecule has 1 atom stereocenters. The second-order valence-corrected chi connectivity index (χ2v) is 6.04. The number of aliphatic carboxylic acids is 1. The van der Waals surface area contributed by atoms with E-state index in [1.807, 2.05) is 16.7 Å². The first kappa shape index (κ1) is 16.1. The molecule has 2 rings (SSSR count). The van der Waals surface area contributed by atoms with E-state index in [0.29, 0.717) is 52.1 Å². The van der Waals surface area contributed by atoms with E-state index in [2.05, 4.69) is 6.92 Å². The number of carbonyl (C=O) groups is 2. The van der Waals surface area contributed by atoms with Gasteiger partial charge in [0.25, 0.3) is 0 Å². The molecule has 1 N–H and O–H groups in total. The highest BCUT2D eigenvalue weighted by Crippen LogP contribution is 2.35. The van der Waals surface area contributed by atoms with Gasteiger partial charge >= 0.3 is 12.0 Å². The van der Waals surface area contributed by atoms with Crippen LogP contribution in [0.1, 0.15) is 39.5 Å². The number of amides is 2. The van der Waals surface area contributed by atoms with Crippen LogP contribution in [0.3, 0.4) is 0 Å². The lowest BCUT2D eigenvalue weighted by Gasteiger charge is -2.43. The summed E-state index contributed by atoms with van der Waals surface area (Å²) in [5.41, 5.74) is -0.647. The highest BCUT2D eigenvalue weighted by molar-refractivity contribution is 5.77. The van der Waals surface area contributed by atoms with Crippen LogP contribution in [0.2, 0.25) is 0 Å². The molecule has 0 aromatic carbocycles. The Hall–Kier alpha value is -1.30. The van der Waals surface area contributed by atoms with E-state index < -0.39 is 11.4 Å². The molecule has 2 saturated heterocycles. The maximum atomic E-state index is 12.6. The summed E-state index contributed by atoms with van der Waals surface area (Å²) in [6.45, 7) is 6.86. The Labute approximate surface area is 126 Å². The van der Waals surface area contributed by atoms with Crippen LogP contribution in [-0.2, 0) is 9.53 Å². The maximum absolute atomic E-state index is 12.6. The van der Waals surface area contributed by atoms with E-state index in [0.717, 1.165) is 6.42 Å². The molecule has 21 heavy (non-hydrogen) atoms. The van der Waals surface area contributed by atoms with Gasteiger partial charge in [-0.2, -0.15) is 0 Å². The maximum Gasteiger partial charge on any atom is 0.320 e. The number of morpholine rings is 1. The summed E-state index contributed by atoms with van der Waals surface area (Å²) >= 11 is 0. The molecule has 120 valence electrons. The zero-order valence-electron chi connectivity index (χ0n) is 13.0. The number of nitrogens with zero attached hydrogens (tertiary/aromatic N) is 2. The van der Waals surface area contributed by atoms with Gasteiger partial charge in [-0.1, -0.05) is 13.8 Å². The van der Waals surface area contributed by atoms with Crippen molar-refractivity contribution >= 4 is 12.0 Å². The second-order valence-electron chi connectivity index (χ2n) is 6.04. The fraction of sp³-hybridized carbons (Fsp3) is 0.867. The van der Waals surface area contributed by atoms with Crippen molar-refractivity contribution in [1.29, 1.82) is 0 Å². The lowest BCUT2D eigenvalue weighted by Crippen LogP contribution is -2.56. The molecule has 2 aliphatic heterocycles. The Morgan fingerprint density at radius 1 is 1.24 bits per heavy atom. The number of hydrogen-bond donors (Lipinski definition) is 1. The highest BCUT2D eigenvalue weighted by Gasteiger charge is 2.42. The largest absolute Gasteiger partial charge is 0.481 e. The molecule has 0 spiro atoms. The van der Waals surface area contributed by atoms with Crippen LogP contribution in [0, 0.1) is 5.41 Å². The molecule has 2 heterocycles. The molecule has 6 heteroatoms. The predicted octanol–water partition coefficient (Wildman–Crippen LogP) is 1.79. The summed E-state index contributed by atoms with van der Waals surface area (Å²) in [4.78, 5) is 27.8. The molecular weight excluding hydrogens is 272 g/mol. The third kappa shape index (κ3) is 3.15. The average Bonchev–Trinajstić information content (AvgIpc) is 2.54. The molecule has 0 aromatic rings. The number of ether oxygens (including phenoxy) is 1. The van der Waals surface area contributed by atoms with Gasteiger partial charge in [-0.15, -0.1) is 0 Å². The van der Waals surface area contributed by atoms with Crippen molar-refractivity contribution in [3.63, 3.8) is 0 Å². The van der Waals surface area contributed by atoms with Crippen molar-refractivity contribution < 1.29 is 19.4 Å². The van der Waals surface area contributed by atoms with Gasteiger partial charge < -0.3 is 19.6 Å². The third-order valence-electron chi connectivity index (χ3n) is 5.07. The van der Waals surface area contributed by atoms with E-state index in [4.69, 9.17) is 4.74 Å². The first-order valence-electron chi connectivity index (χ1n) is 7.90. The molecular formula is C15H26N2O4. The van der Waals surface area contributed by atoms with Crippen LogP contribution >= 0.6 is 0 Å². The molecule has 1 unspecified atom stereocenters. The first-order valence-corrected chi connectivity index (χ1v) is 7.90. The Kier molecular flexibility index (Phi) is 5.08. The minimum absolute atomic E-state index is 0.0419. The van der Waals surface area contributed by atoms with Crippen molar-refractivity contribution in [2.45, 2.75) is 45.6 Å². The van der Waals surface area contributed by atoms with E-state index >= 15 is 0 Å². The summed E-state index contributed by atoms with van der Waals surface area (Å²) in [5.74, 6) is -0.727.